The number of nitrogens with zero attached hydrogens (tertiary/aromatic N) is 5. The summed E-state index contributed by atoms with van der Waals surface area (Å²) in [7, 11) is 1.56. The van der Waals surface area contributed by atoms with Gasteiger partial charge in [0.05, 0.1) is 106 Å². The largest absolute Gasteiger partial charge is 0.496 e. The molecular formula is C108H161N5O8. The molecule has 0 aromatic heterocycles. The van der Waals surface area contributed by atoms with Crippen LogP contribution < -0.4 is 37.9 Å². The summed E-state index contributed by atoms with van der Waals surface area (Å²) >= 11 is 0. The first kappa shape index (κ1) is 105. The average molecular weight is 1660 g/mol. The molecule has 1 atom stereocenters. The molecule has 1 unspecified atom stereocenters. The zero-order valence-electron chi connectivity index (χ0n) is 77.5. The van der Waals surface area contributed by atoms with Crippen LogP contribution in [0.25, 0.3) is 46.6 Å². The van der Waals surface area contributed by atoms with Crippen molar-refractivity contribution in [1.29, 1.82) is 26.3 Å². The van der Waals surface area contributed by atoms with Crippen LogP contribution in [0.3, 0.4) is 0 Å². The van der Waals surface area contributed by atoms with E-state index in [1.807, 2.05) is 60.7 Å². The Kier molecular flexibility index (Phi) is 60.5. The van der Waals surface area contributed by atoms with E-state index in [0.717, 1.165) is 173 Å². The van der Waals surface area contributed by atoms with Gasteiger partial charge in [0.1, 0.15) is 46.0 Å². The van der Waals surface area contributed by atoms with Crippen LogP contribution in [0.5, 0.6) is 46.0 Å². The Bertz CT molecular complexity index is 3830. The Morgan fingerprint density at radius 2 is 0.537 bits per heavy atom. The Morgan fingerprint density at radius 1 is 0.289 bits per heavy atom. The number of methoxy groups -OCH3 is 1. The second-order valence-corrected chi connectivity index (χ2v) is 33.5. The Hall–Kier alpha value is -8.57. The highest BCUT2D eigenvalue weighted by molar-refractivity contribution is 5.99. The van der Waals surface area contributed by atoms with E-state index in [0.29, 0.717) is 143 Å². The maximum atomic E-state index is 12.0. The van der Waals surface area contributed by atoms with Crippen LogP contribution in [0.15, 0.2) is 61.2 Å². The molecule has 13 nitrogen and oxygen atoms in total. The van der Waals surface area contributed by atoms with Gasteiger partial charge < -0.3 is 37.9 Å². The fourth-order valence-electron chi connectivity index (χ4n) is 15.4. The van der Waals surface area contributed by atoms with E-state index in [2.05, 4.69) is 92.3 Å². The summed E-state index contributed by atoms with van der Waals surface area (Å²) in [6.45, 7) is 24.9. The fraction of sp³-hybridized carbons (Fsp3) is 0.639. The minimum absolute atomic E-state index is 0.223. The molecule has 0 radical (unpaired) electrons. The highest BCUT2D eigenvalue weighted by Gasteiger charge is 2.25. The van der Waals surface area contributed by atoms with Crippen molar-refractivity contribution in [3.05, 3.63) is 106 Å². The van der Waals surface area contributed by atoms with E-state index < -0.39 is 0 Å². The lowest BCUT2D eigenvalue weighted by atomic mass is 9.95. The molecule has 0 spiro atoms. The van der Waals surface area contributed by atoms with Gasteiger partial charge in [-0.3, -0.25) is 0 Å². The second kappa shape index (κ2) is 69.9. The quantitative estimate of drug-likeness (QED) is 0.0230. The first-order valence-electron chi connectivity index (χ1n) is 48.7. The van der Waals surface area contributed by atoms with Gasteiger partial charge in [-0.05, 0) is 124 Å². The Morgan fingerprint density at radius 3 is 0.802 bits per heavy atom. The fourth-order valence-corrected chi connectivity index (χ4v) is 15.4. The smallest absolute Gasteiger partial charge is 0.128 e. The van der Waals surface area contributed by atoms with E-state index in [4.69, 9.17) is 37.9 Å². The highest BCUT2D eigenvalue weighted by Crippen LogP contribution is 2.44. The van der Waals surface area contributed by atoms with E-state index in [1.54, 1.807) is 19.3 Å². The van der Waals surface area contributed by atoms with Crippen molar-refractivity contribution in [2.24, 2.45) is 5.92 Å². The zero-order valence-corrected chi connectivity index (χ0v) is 77.5. The van der Waals surface area contributed by atoms with Crippen molar-refractivity contribution < 1.29 is 37.9 Å². The van der Waals surface area contributed by atoms with Gasteiger partial charge in [-0.25, -0.2) is 0 Å². The van der Waals surface area contributed by atoms with Crippen molar-refractivity contribution in [2.75, 3.05) is 53.4 Å². The molecule has 0 saturated carbocycles. The van der Waals surface area contributed by atoms with Gasteiger partial charge in [-0.2, -0.15) is 26.3 Å². The molecule has 4 rings (SSSR count). The molecule has 121 heavy (non-hydrogen) atoms. The molecule has 0 amide bonds. The lowest BCUT2D eigenvalue weighted by Gasteiger charge is -2.20. The summed E-state index contributed by atoms with van der Waals surface area (Å²) < 4.78 is 54.4. The normalized spacial score (nSPS) is 11.9. The van der Waals surface area contributed by atoms with Crippen LogP contribution >= 0.6 is 0 Å². The summed E-state index contributed by atoms with van der Waals surface area (Å²) in [4.78, 5) is 0. The van der Waals surface area contributed by atoms with Gasteiger partial charge in [0, 0.05) is 50.6 Å². The van der Waals surface area contributed by atoms with Crippen molar-refractivity contribution in [3.8, 4) is 76.3 Å². The van der Waals surface area contributed by atoms with Gasteiger partial charge in [0.25, 0.3) is 0 Å². The third kappa shape index (κ3) is 43.9. The zero-order chi connectivity index (χ0) is 87.2. The standard InChI is InChI=1S/C108H161N5O8/c1-11-19-26-32-38-44-50-56-66-115-101-76-91(102(75-90(101)64-62-65-109)116-67-57-51-45-39-33-27-20-12-2)73-95(85-112)99-81-108(120-71-61-55-49-43-37-31-24-16-6)100(82-107(99)119-70-60-54-48-42-36-30-23-15-5)96(86-113)74-93-78-103(117-68-58-52-46-40-34-28-21-13-3)92(77-104(93)118-69-59-53-47-41-35-29-22-14-4)72-94(84-111)98-80-106(121-87-89(18-8)63-25-17-7)97(88(9)83-110)79-105(98)114-10/h62,64,72-82,89H,9,11-61,63,66-71,87H2,1-8,10H3/b64-62+,94-72+,95-73+,96-74+. The maximum absolute atomic E-state index is 12.0. The van der Waals surface area contributed by atoms with Crippen molar-refractivity contribution >= 4 is 46.6 Å². The van der Waals surface area contributed by atoms with Gasteiger partial charge >= 0.3 is 0 Å². The maximum Gasteiger partial charge on any atom is 0.128 e. The number of rotatable bonds is 76. The number of allylic oxidation sites excluding steroid dienone is 5. The lowest BCUT2D eigenvalue weighted by molar-refractivity contribution is 0.232. The topological polar surface area (TPSA) is 193 Å². The molecule has 0 heterocycles. The van der Waals surface area contributed by atoms with E-state index in [9.17, 15) is 26.3 Å². The molecule has 0 aliphatic carbocycles. The molecule has 0 bridgehead atoms. The van der Waals surface area contributed by atoms with Crippen LogP contribution in [-0.4, -0.2) is 53.4 Å². The molecule has 666 valence electrons. The summed E-state index contributed by atoms with van der Waals surface area (Å²) in [5, 5.41) is 55.5. The third-order valence-corrected chi connectivity index (χ3v) is 23.1. The van der Waals surface area contributed by atoms with E-state index >= 15 is 0 Å². The summed E-state index contributed by atoms with van der Waals surface area (Å²) in [6, 6.07) is 27.4. The third-order valence-electron chi connectivity index (χ3n) is 23.1. The number of ether oxygens (including phenoxy) is 8. The summed E-state index contributed by atoms with van der Waals surface area (Å²) in [6.07, 6.45) is 67.0. The summed E-state index contributed by atoms with van der Waals surface area (Å²) in [5.41, 5.74) is 5.69. The van der Waals surface area contributed by atoms with Crippen molar-refractivity contribution in [3.63, 3.8) is 0 Å². The van der Waals surface area contributed by atoms with Crippen LogP contribution in [0.1, 0.15) is 434 Å². The van der Waals surface area contributed by atoms with Gasteiger partial charge in [0.15, 0.2) is 0 Å². The SMILES string of the molecule is C=C(C#N)c1cc(OC)c(/C(C#N)=C/c2cc(OCCCCCCCCCC)c(/C=C(\C#N)c3cc(OCCCCCCCCCC)c(/C(C#N)=C/c4cc(OCCCCCCCCCC)c(/C=C/C#N)cc4OCCCCCCCCCC)cc3OCCCCCCCCCC)cc2OCCCCCCCCCC)cc1OCC(CC)CCCC. The number of hydrogen-bond acceptors (Lipinski definition) is 13. The van der Waals surface area contributed by atoms with E-state index in [1.165, 1.54) is 173 Å². The molecule has 4 aromatic rings. The number of unbranched alkanes of at least 4 members (excludes halogenated alkanes) is 43. The number of hydrogen-bond donors (Lipinski definition) is 0. The molecule has 4 aromatic carbocycles. The van der Waals surface area contributed by atoms with Crippen LogP contribution in [0.2, 0.25) is 0 Å². The predicted octanol–water partition coefficient (Wildman–Crippen LogP) is 32.7. The van der Waals surface area contributed by atoms with Crippen LogP contribution in [0, 0.1) is 62.6 Å². The average Bonchev–Trinajstić information content (AvgIpc) is 0.784. The first-order valence-corrected chi connectivity index (χ1v) is 48.7. The first-order chi connectivity index (χ1) is 59.5. The highest BCUT2D eigenvalue weighted by atomic mass is 16.5. The monoisotopic (exact) mass is 1660 g/mol. The summed E-state index contributed by atoms with van der Waals surface area (Å²) in [5.74, 6) is 4.17. The molecule has 13 heteroatoms. The van der Waals surface area contributed by atoms with Crippen LogP contribution in [-0.2, 0) is 0 Å². The molecular weight excluding hydrogens is 1500 g/mol. The van der Waals surface area contributed by atoms with Crippen LogP contribution in [0.4, 0.5) is 0 Å². The lowest BCUT2D eigenvalue weighted by Crippen LogP contribution is -2.12. The van der Waals surface area contributed by atoms with Gasteiger partial charge in [0.2, 0.25) is 0 Å². The number of nitriles is 5. The molecule has 0 fully saturated rings. The Labute approximate surface area is 737 Å². The van der Waals surface area contributed by atoms with Crippen molar-refractivity contribution in [1.82, 2.24) is 0 Å². The molecule has 0 N–H and O–H groups in total. The van der Waals surface area contributed by atoms with Crippen molar-refractivity contribution in [2.45, 2.75) is 389 Å². The van der Waals surface area contributed by atoms with Gasteiger partial charge in [-0.1, -0.05) is 351 Å². The van der Waals surface area contributed by atoms with E-state index in [-0.39, 0.29) is 16.7 Å². The molecule has 0 aliphatic heterocycles. The minimum Gasteiger partial charge on any atom is -0.496 e. The molecule has 0 aliphatic rings. The van der Waals surface area contributed by atoms with Gasteiger partial charge in [-0.15, -0.1) is 0 Å². The number of benzene rings is 4. The Balaban J connectivity index is 2.17. The molecule has 0 saturated heterocycles. The predicted molar refractivity (Wildman–Crippen MR) is 509 cm³/mol. The minimum atomic E-state index is 0.223. The second-order valence-electron chi connectivity index (χ2n) is 33.5.